The van der Waals surface area contributed by atoms with Gasteiger partial charge in [0, 0.05) is 0 Å². The molecular formula is C9H9N3O. The Bertz CT molecular complexity index is 358. The molecule has 13 heavy (non-hydrogen) atoms. The van der Waals surface area contributed by atoms with E-state index in [1.165, 1.54) is 6.20 Å². The molecule has 66 valence electrons. The molecule has 1 atom stereocenters. The third-order valence-corrected chi connectivity index (χ3v) is 1.83. The van der Waals surface area contributed by atoms with Crippen LogP contribution in [0.3, 0.4) is 0 Å². The number of hydrogen-bond donors (Lipinski definition) is 2. The van der Waals surface area contributed by atoms with Crippen LogP contribution in [0.5, 0.6) is 0 Å². The van der Waals surface area contributed by atoms with E-state index in [1.807, 2.05) is 30.3 Å². The lowest BCUT2D eigenvalue weighted by Gasteiger charge is -2.05. The molecule has 1 aromatic carbocycles. The Morgan fingerprint density at radius 2 is 2.00 bits per heavy atom. The maximum absolute atomic E-state index is 9.76. The number of nitrogens with one attached hydrogen (secondary N) is 1. The number of H-pyrrole nitrogens is 1. The van der Waals surface area contributed by atoms with Crippen LogP contribution in [-0.4, -0.2) is 20.5 Å². The summed E-state index contributed by atoms with van der Waals surface area (Å²) in [6.45, 7) is 0. The molecule has 2 aromatic rings. The Balaban J connectivity index is 2.29. The second-order valence-corrected chi connectivity index (χ2v) is 2.71. The van der Waals surface area contributed by atoms with Gasteiger partial charge in [0.2, 0.25) is 0 Å². The molecule has 0 fully saturated rings. The molecule has 1 heterocycles. The van der Waals surface area contributed by atoms with Gasteiger partial charge in [-0.3, -0.25) is 0 Å². The third-order valence-electron chi connectivity index (χ3n) is 1.83. The van der Waals surface area contributed by atoms with E-state index in [9.17, 15) is 5.11 Å². The van der Waals surface area contributed by atoms with Crippen molar-refractivity contribution in [3.8, 4) is 0 Å². The van der Waals surface area contributed by atoms with E-state index >= 15 is 0 Å². The van der Waals surface area contributed by atoms with Crippen molar-refractivity contribution in [3.05, 3.63) is 47.8 Å². The summed E-state index contributed by atoms with van der Waals surface area (Å²) in [6.07, 6.45) is 0.817. The van der Waals surface area contributed by atoms with E-state index in [0.29, 0.717) is 5.69 Å². The van der Waals surface area contributed by atoms with Crippen LogP contribution in [0.15, 0.2) is 36.5 Å². The van der Waals surface area contributed by atoms with Crippen molar-refractivity contribution in [1.29, 1.82) is 0 Å². The number of aromatic amines is 1. The largest absolute Gasteiger partial charge is 0.382 e. The molecule has 2 rings (SSSR count). The highest BCUT2D eigenvalue weighted by Crippen LogP contribution is 2.17. The summed E-state index contributed by atoms with van der Waals surface area (Å²) in [6, 6.07) is 9.34. The Hall–Kier alpha value is -1.68. The number of aromatic nitrogens is 3. The van der Waals surface area contributed by atoms with Crippen molar-refractivity contribution in [2.75, 3.05) is 0 Å². The molecule has 4 nitrogen and oxygen atoms in total. The van der Waals surface area contributed by atoms with E-state index < -0.39 is 6.10 Å². The first kappa shape index (κ1) is 7.94. The zero-order valence-corrected chi connectivity index (χ0v) is 6.88. The van der Waals surface area contributed by atoms with Gasteiger partial charge in [0.1, 0.15) is 11.8 Å². The van der Waals surface area contributed by atoms with E-state index in [0.717, 1.165) is 5.56 Å². The molecule has 0 aliphatic carbocycles. The number of nitrogens with zero attached hydrogens (tertiary/aromatic N) is 2. The number of benzene rings is 1. The molecule has 1 aromatic heterocycles. The first-order valence-corrected chi connectivity index (χ1v) is 3.96. The lowest BCUT2D eigenvalue weighted by molar-refractivity contribution is 0.215. The van der Waals surface area contributed by atoms with Gasteiger partial charge >= 0.3 is 0 Å². The van der Waals surface area contributed by atoms with Crippen molar-refractivity contribution in [1.82, 2.24) is 15.4 Å². The standard InChI is InChI=1S/C9H9N3O/c13-9(8-6-10-12-11-8)7-4-2-1-3-5-7/h1-6,9,13H,(H,10,11,12)/t9-/m1/s1. The zero-order valence-electron chi connectivity index (χ0n) is 6.88. The van der Waals surface area contributed by atoms with Gasteiger partial charge in [-0.1, -0.05) is 30.3 Å². The van der Waals surface area contributed by atoms with Crippen LogP contribution in [-0.2, 0) is 0 Å². The van der Waals surface area contributed by atoms with Gasteiger partial charge in [-0.2, -0.15) is 15.4 Å². The number of rotatable bonds is 2. The predicted octanol–water partition coefficient (Wildman–Crippen LogP) is 0.886. The topological polar surface area (TPSA) is 61.8 Å². The summed E-state index contributed by atoms with van der Waals surface area (Å²) < 4.78 is 0. The summed E-state index contributed by atoms with van der Waals surface area (Å²) in [7, 11) is 0. The van der Waals surface area contributed by atoms with Crippen molar-refractivity contribution >= 4 is 0 Å². The summed E-state index contributed by atoms with van der Waals surface area (Å²) in [5, 5.41) is 19.7. The van der Waals surface area contributed by atoms with Gasteiger partial charge in [0.05, 0.1) is 6.20 Å². The fourth-order valence-corrected chi connectivity index (χ4v) is 1.15. The highest BCUT2D eigenvalue weighted by atomic mass is 16.3. The number of hydrogen-bond acceptors (Lipinski definition) is 3. The molecule has 0 aliphatic rings. The van der Waals surface area contributed by atoms with Gasteiger partial charge in [-0.05, 0) is 5.56 Å². The smallest absolute Gasteiger partial charge is 0.124 e. The van der Waals surface area contributed by atoms with Crippen molar-refractivity contribution in [2.45, 2.75) is 6.10 Å². The molecule has 0 aliphatic heterocycles. The highest BCUT2D eigenvalue weighted by molar-refractivity contribution is 5.23. The Morgan fingerprint density at radius 1 is 1.23 bits per heavy atom. The lowest BCUT2D eigenvalue weighted by Crippen LogP contribution is -1.99. The van der Waals surface area contributed by atoms with Crippen molar-refractivity contribution in [3.63, 3.8) is 0 Å². The van der Waals surface area contributed by atoms with Crippen LogP contribution >= 0.6 is 0 Å². The summed E-state index contributed by atoms with van der Waals surface area (Å²) in [5.41, 5.74) is 1.35. The molecule has 0 spiro atoms. The average Bonchev–Trinajstić information content (AvgIpc) is 2.71. The lowest BCUT2D eigenvalue weighted by atomic mass is 10.1. The number of aliphatic hydroxyl groups excluding tert-OH is 1. The van der Waals surface area contributed by atoms with Crippen LogP contribution in [0, 0.1) is 0 Å². The minimum atomic E-state index is -0.694. The van der Waals surface area contributed by atoms with Crippen LogP contribution in [0.1, 0.15) is 17.4 Å². The monoisotopic (exact) mass is 175 g/mol. The summed E-state index contributed by atoms with van der Waals surface area (Å²) >= 11 is 0. The summed E-state index contributed by atoms with van der Waals surface area (Å²) in [5.74, 6) is 0. The maximum atomic E-state index is 9.76. The Kier molecular flexibility index (Phi) is 2.06. The van der Waals surface area contributed by atoms with Gasteiger partial charge in [0.25, 0.3) is 0 Å². The van der Waals surface area contributed by atoms with E-state index in [1.54, 1.807) is 0 Å². The second kappa shape index (κ2) is 3.37. The molecule has 2 N–H and O–H groups in total. The van der Waals surface area contributed by atoms with Gasteiger partial charge < -0.3 is 5.11 Å². The SMILES string of the molecule is O[C@H](c1ccccc1)c1cn[nH]n1. The molecule has 0 saturated heterocycles. The van der Waals surface area contributed by atoms with Crippen LogP contribution in [0.25, 0.3) is 0 Å². The maximum Gasteiger partial charge on any atom is 0.124 e. The molecule has 0 unspecified atom stereocenters. The Morgan fingerprint density at radius 3 is 2.62 bits per heavy atom. The molecule has 0 amide bonds. The van der Waals surface area contributed by atoms with Crippen LogP contribution < -0.4 is 0 Å². The molecule has 4 heteroatoms. The van der Waals surface area contributed by atoms with E-state index in [-0.39, 0.29) is 0 Å². The minimum absolute atomic E-state index is 0.534. The third kappa shape index (κ3) is 1.57. The fourth-order valence-electron chi connectivity index (χ4n) is 1.15. The van der Waals surface area contributed by atoms with E-state index in [4.69, 9.17) is 0 Å². The van der Waals surface area contributed by atoms with Gasteiger partial charge in [-0.15, -0.1) is 0 Å². The van der Waals surface area contributed by atoms with Gasteiger partial charge in [0.15, 0.2) is 0 Å². The molecule has 0 radical (unpaired) electrons. The summed E-state index contributed by atoms with van der Waals surface area (Å²) in [4.78, 5) is 0. The quantitative estimate of drug-likeness (QED) is 0.712. The highest BCUT2D eigenvalue weighted by Gasteiger charge is 2.11. The zero-order chi connectivity index (χ0) is 9.10. The predicted molar refractivity (Wildman–Crippen MR) is 46.9 cm³/mol. The molecule has 0 saturated carbocycles. The van der Waals surface area contributed by atoms with E-state index in [2.05, 4.69) is 15.4 Å². The second-order valence-electron chi connectivity index (χ2n) is 2.71. The molecular weight excluding hydrogens is 166 g/mol. The van der Waals surface area contributed by atoms with Crippen molar-refractivity contribution in [2.24, 2.45) is 0 Å². The first-order chi connectivity index (χ1) is 6.38. The minimum Gasteiger partial charge on any atom is -0.382 e. The normalized spacial score (nSPS) is 12.7. The average molecular weight is 175 g/mol. The number of aliphatic hydroxyl groups is 1. The van der Waals surface area contributed by atoms with Crippen LogP contribution in [0.2, 0.25) is 0 Å². The Labute approximate surface area is 75.2 Å². The fraction of sp³-hybridized carbons (Fsp3) is 0.111. The van der Waals surface area contributed by atoms with Crippen molar-refractivity contribution < 1.29 is 5.11 Å². The molecule has 0 bridgehead atoms. The first-order valence-electron chi connectivity index (χ1n) is 3.96. The van der Waals surface area contributed by atoms with Gasteiger partial charge in [-0.25, -0.2) is 0 Å². The van der Waals surface area contributed by atoms with Crippen LogP contribution in [0.4, 0.5) is 0 Å².